The second-order valence-corrected chi connectivity index (χ2v) is 5.88. The Labute approximate surface area is 167 Å². The van der Waals surface area contributed by atoms with Crippen LogP contribution in [-0.4, -0.2) is 36.0 Å². The van der Waals surface area contributed by atoms with Gasteiger partial charge in [0.05, 0.1) is 38.0 Å². The van der Waals surface area contributed by atoms with Crippen LogP contribution in [0.25, 0.3) is 22.1 Å². The lowest BCUT2D eigenvalue weighted by Crippen LogP contribution is -2.02. The standard InChI is InChI=1S/C12H8N2.C7H4N2O7/c1-2-6-10-9(5-1)13-11-7-3-4-8-12(11)14-10;10-6-4(7(11)12)1-3(8(13)14)2-5(6)9(15)16/h1-8H;1-2,10H,(H,11,12). The first-order chi connectivity index (χ1) is 14.3. The molecular weight excluding hydrogens is 396 g/mol. The van der Waals surface area contributed by atoms with Crippen molar-refractivity contribution in [3.63, 3.8) is 0 Å². The van der Waals surface area contributed by atoms with Crippen molar-refractivity contribution in [1.29, 1.82) is 0 Å². The second kappa shape index (κ2) is 8.14. The van der Waals surface area contributed by atoms with Crippen LogP contribution in [0.2, 0.25) is 0 Å². The van der Waals surface area contributed by atoms with Crippen LogP contribution >= 0.6 is 0 Å². The van der Waals surface area contributed by atoms with Gasteiger partial charge in [-0.15, -0.1) is 0 Å². The van der Waals surface area contributed by atoms with Crippen molar-refractivity contribution in [1.82, 2.24) is 9.97 Å². The van der Waals surface area contributed by atoms with E-state index in [1.807, 2.05) is 48.5 Å². The van der Waals surface area contributed by atoms with E-state index in [2.05, 4.69) is 9.97 Å². The smallest absolute Gasteiger partial charge is 0.340 e. The molecule has 0 aliphatic rings. The molecule has 11 nitrogen and oxygen atoms in total. The number of aromatic carboxylic acids is 1. The van der Waals surface area contributed by atoms with Crippen LogP contribution in [0.4, 0.5) is 11.4 Å². The van der Waals surface area contributed by atoms with Crippen LogP contribution in [0.3, 0.4) is 0 Å². The molecule has 2 N–H and O–H groups in total. The van der Waals surface area contributed by atoms with Gasteiger partial charge in [-0.3, -0.25) is 20.2 Å². The molecule has 150 valence electrons. The van der Waals surface area contributed by atoms with E-state index in [-0.39, 0.29) is 0 Å². The third-order valence-corrected chi connectivity index (χ3v) is 3.96. The molecule has 0 bridgehead atoms. The summed E-state index contributed by atoms with van der Waals surface area (Å²) in [6.45, 7) is 0. The zero-order chi connectivity index (χ0) is 21.8. The molecule has 4 rings (SSSR count). The van der Waals surface area contributed by atoms with Gasteiger partial charge in [-0.2, -0.15) is 0 Å². The maximum absolute atomic E-state index is 10.6. The van der Waals surface area contributed by atoms with Gasteiger partial charge in [-0.25, -0.2) is 14.8 Å². The van der Waals surface area contributed by atoms with E-state index < -0.39 is 38.5 Å². The van der Waals surface area contributed by atoms with Crippen molar-refractivity contribution < 1.29 is 24.9 Å². The van der Waals surface area contributed by atoms with Crippen molar-refractivity contribution in [2.24, 2.45) is 0 Å². The largest absolute Gasteiger partial charge is 0.501 e. The van der Waals surface area contributed by atoms with Crippen molar-refractivity contribution in [3.05, 3.63) is 86.5 Å². The Hall–Kier alpha value is -4.67. The van der Waals surface area contributed by atoms with E-state index in [0.717, 1.165) is 22.1 Å². The van der Waals surface area contributed by atoms with Crippen molar-refractivity contribution in [3.8, 4) is 5.75 Å². The van der Waals surface area contributed by atoms with E-state index in [1.165, 1.54) is 0 Å². The summed E-state index contributed by atoms with van der Waals surface area (Å²) in [5, 5.41) is 38.5. The lowest BCUT2D eigenvalue weighted by molar-refractivity contribution is -0.394. The van der Waals surface area contributed by atoms with Gasteiger partial charge in [0.25, 0.3) is 5.69 Å². The van der Waals surface area contributed by atoms with Crippen molar-refractivity contribution in [2.75, 3.05) is 0 Å². The quantitative estimate of drug-likeness (QED) is 0.291. The Morgan fingerprint density at radius 3 is 1.57 bits per heavy atom. The van der Waals surface area contributed by atoms with Gasteiger partial charge in [0.1, 0.15) is 5.56 Å². The Morgan fingerprint density at radius 2 is 1.23 bits per heavy atom. The highest BCUT2D eigenvalue weighted by molar-refractivity contribution is 5.93. The van der Waals surface area contributed by atoms with Crippen LogP contribution in [0.1, 0.15) is 10.4 Å². The van der Waals surface area contributed by atoms with E-state index in [4.69, 9.17) is 5.11 Å². The van der Waals surface area contributed by atoms with Gasteiger partial charge < -0.3 is 10.2 Å². The minimum atomic E-state index is -1.69. The first kappa shape index (κ1) is 20.1. The molecule has 0 atom stereocenters. The van der Waals surface area contributed by atoms with Gasteiger partial charge in [-0.1, -0.05) is 24.3 Å². The first-order valence-corrected chi connectivity index (χ1v) is 8.28. The Balaban J connectivity index is 0.000000171. The van der Waals surface area contributed by atoms with Crippen molar-refractivity contribution >= 4 is 39.4 Å². The van der Waals surface area contributed by atoms with Crippen LogP contribution in [0, 0.1) is 20.2 Å². The first-order valence-electron chi connectivity index (χ1n) is 8.28. The molecule has 0 amide bonds. The molecule has 0 saturated heterocycles. The van der Waals surface area contributed by atoms with Gasteiger partial charge in [0, 0.05) is 6.07 Å². The number of nitro groups is 2. The molecule has 1 aromatic heterocycles. The molecule has 0 aliphatic carbocycles. The third kappa shape index (κ3) is 4.09. The number of para-hydroxylation sites is 4. The number of hydrogen-bond donors (Lipinski definition) is 2. The van der Waals surface area contributed by atoms with Crippen LogP contribution < -0.4 is 0 Å². The Kier molecular flexibility index (Phi) is 5.45. The molecule has 3 aromatic carbocycles. The highest BCUT2D eigenvalue weighted by Crippen LogP contribution is 2.34. The van der Waals surface area contributed by atoms with Gasteiger partial charge in [0.15, 0.2) is 0 Å². The molecular formula is C19H12N4O7. The maximum atomic E-state index is 10.6. The van der Waals surface area contributed by atoms with Gasteiger partial charge in [-0.05, 0) is 24.3 Å². The zero-order valence-electron chi connectivity index (χ0n) is 15.0. The molecule has 0 spiro atoms. The number of carbonyl (C=O) groups is 1. The van der Waals surface area contributed by atoms with E-state index in [9.17, 15) is 30.1 Å². The molecule has 0 unspecified atom stereocenters. The van der Waals surface area contributed by atoms with Crippen LogP contribution in [0.5, 0.6) is 5.75 Å². The molecule has 0 aliphatic heterocycles. The third-order valence-electron chi connectivity index (χ3n) is 3.96. The number of fused-ring (bicyclic) bond motifs is 2. The fraction of sp³-hybridized carbons (Fsp3) is 0. The summed E-state index contributed by atoms with van der Waals surface area (Å²) in [7, 11) is 0. The average Bonchev–Trinajstić information content (AvgIpc) is 2.72. The fourth-order valence-corrected chi connectivity index (χ4v) is 2.58. The number of phenols is 1. The number of carboxylic acids is 1. The second-order valence-electron chi connectivity index (χ2n) is 5.88. The Bertz CT molecular complexity index is 1170. The Morgan fingerprint density at radius 1 is 0.800 bits per heavy atom. The monoisotopic (exact) mass is 408 g/mol. The number of hydrogen-bond acceptors (Lipinski definition) is 8. The number of aromatic hydroxyl groups is 1. The average molecular weight is 408 g/mol. The zero-order valence-corrected chi connectivity index (χ0v) is 15.0. The molecule has 0 radical (unpaired) electrons. The lowest BCUT2D eigenvalue weighted by Gasteiger charge is -2.00. The number of aromatic nitrogens is 2. The number of benzene rings is 3. The molecule has 11 heteroatoms. The SMILES string of the molecule is O=C(O)c1cc([N+](=O)[O-])cc([N+](=O)[O-])c1O.c1ccc2nc3ccccc3nc2c1. The highest BCUT2D eigenvalue weighted by Gasteiger charge is 2.26. The molecule has 0 saturated carbocycles. The van der Waals surface area contributed by atoms with Crippen LogP contribution in [-0.2, 0) is 0 Å². The molecule has 30 heavy (non-hydrogen) atoms. The minimum absolute atomic E-state index is 0.488. The minimum Gasteiger partial charge on any atom is -0.501 e. The van der Waals surface area contributed by atoms with Gasteiger partial charge >= 0.3 is 11.7 Å². The predicted octanol–water partition coefficient (Wildman–Crippen LogP) is 3.69. The van der Waals surface area contributed by atoms with E-state index >= 15 is 0 Å². The highest BCUT2D eigenvalue weighted by atomic mass is 16.6. The van der Waals surface area contributed by atoms with Crippen LogP contribution in [0.15, 0.2) is 60.7 Å². The van der Waals surface area contributed by atoms with Crippen molar-refractivity contribution in [2.45, 2.75) is 0 Å². The summed E-state index contributed by atoms with van der Waals surface area (Å²) in [6.07, 6.45) is 0. The fourth-order valence-electron chi connectivity index (χ4n) is 2.58. The van der Waals surface area contributed by atoms with E-state index in [1.54, 1.807) is 0 Å². The number of nitrogens with zero attached hydrogens (tertiary/aromatic N) is 4. The molecule has 0 fully saturated rings. The number of nitro benzene ring substituents is 2. The molecule has 4 aromatic rings. The summed E-state index contributed by atoms with van der Waals surface area (Å²) < 4.78 is 0. The summed E-state index contributed by atoms with van der Waals surface area (Å²) >= 11 is 0. The topological polar surface area (TPSA) is 170 Å². The maximum Gasteiger partial charge on any atom is 0.340 e. The normalized spacial score (nSPS) is 10.3. The predicted molar refractivity (Wildman–Crippen MR) is 105 cm³/mol. The molecule has 1 heterocycles. The number of rotatable bonds is 3. The number of carboxylic acid groups (broad SMARTS) is 1. The number of non-ortho nitro benzene ring substituents is 1. The summed E-state index contributed by atoms with van der Waals surface area (Å²) in [4.78, 5) is 38.3. The van der Waals surface area contributed by atoms with Gasteiger partial charge in [0.2, 0.25) is 5.75 Å². The lowest BCUT2D eigenvalue weighted by atomic mass is 10.1. The summed E-state index contributed by atoms with van der Waals surface area (Å²) in [5.74, 6) is -2.80. The summed E-state index contributed by atoms with van der Waals surface area (Å²) in [6, 6.07) is 16.9. The summed E-state index contributed by atoms with van der Waals surface area (Å²) in [5.41, 5.74) is 1.12. The van der Waals surface area contributed by atoms with E-state index in [0.29, 0.717) is 12.1 Å².